The summed E-state index contributed by atoms with van der Waals surface area (Å²) >= 11 is 0. The van der Waals surface area contributed by atoms with E-state index < -0.39 is 0 Å². The number of hydrogen-bond donors (Lipinski definition) is 1. The van der Waals surface area contributed by atoms with Gasteiger partial charge in [0, 0.05) is 13.1 Å². The average Bonchev–Trinajstić information content (AvgIpc) is 2.05. The molecular weight excluding hydrogens is 130 g/mol. The second kappa shape index (κ2) is 3.00. The molecule has 1 aromatic rings. The van der Waals surface area contributed by atoms with E-state index in [2.05, 4.69) is 15.3 Å². The van der Waals surface area contributed by atoms with Crippen molar-refractivity contribution in [2.24, 2.45) is 0 Å². The molecule has 1 heterocycles. The minimum Gasteiger partial charge on any atom is -0.481 e. The first-order valence-electron chi connectivity index (χ1n) is 2.90. The number of nitrogens with one attached hydrogen (secondary N) is 1. The second-order valence-electron chi connectivity index (χ2n) is 1.70. The molecule has 54 valence electrons. The molecule has 0 aliphatic heterocycles. The second-order valence-corrected chi connectivity index (χ2v) is 1.70. The summed E-state index contributed by atoms with van der Waals surface area (Å²) in [6.07, 6.45) is 1.45. The molecule has 0 aliphatic rings. The Morgan fingerprint density at radius 1 is 1.50 bits per heavy atom. The summed E-state index contributed by atoms with van der Waals surface area (Å²) in [5.74, 6) is 1.33. The zero-order chi connectivity index (χ0) is 7.40. The van der Waals surface area contributed by atoms with Crippen molar-refractivity contribution in [2.75, 3.05) is 19.5 Å². The van der Waals surface area contributed by atoms with E-state index in [9.17, 15) is 0 Å². The van der Waals surface area contributed by atoms with Gasteiger partial charge < -0.3 is 10.1 Å². The van der Waals surface area contributed by atoms with Crippen molar-refractivity contribution >= 4 is 5.82 Å². The molecule has 0 saturated carbocycles. The Balaban J connectivity index is 2.87. The molecule has 1 rings (SSSR count). The minimum absolute atomic E-state index is 0.569. The molecule has 4 nitrogen and oxygen atoms in total. The lowest BCUT2D eigenvalue weighted by molar-refractivity contribution is 0.397. The van der Waals surface area contributed by atoms with Crippen LogP contribution in [0.2, 0.25) is 0 Å². The lowest BCUT2D eigenvalue weighted by Crippen LogP contribution is -1.94. The minimum atomic E-state index is 0.569. The van der Waals surface area contributed by atoms with Gasteiger partial charge in [0.25, 0.3) is 0 Å². The van der Waals surface area contributed by atoms with E-state index in [-0.39, 0.29) is 0 Å². The zero-order valence-electron chi connectivity index (χ0n) is 5.96. The van der Waals surface area contributed by atoms with Gasteiger partial charge in [-0.1, -0.05) is 0 Å². The Kier molecular flexibility index (Phi) is 2.04. The Bertz CT molecular complexity index is 195. The largest absolute Gasteiger partial charge is 0.481 e. The van der Waals surface area contributed by atoms with Crippen LogP contribution in [0.3, 0.4) is 0 Å². The normalized spacial score (nSPS) is 9.00. The molecule has 1 N–H and O–H groups in total. The van der Waals surface area contributed by atoms with Crippen molar-refractivity contribution in [1.82, 2.24) is 9.97 Å². The maximum absolute atomic E-state index is 4.87. The van der Waals surface area contributed by atoms with Crippen LogP contribution in [0.1, 0.15) is 0 Å². The Labute approximate surface area is 59.3 Å². The van der Waals surface area contributed by atoms with Gasteiger partial charge in [0.15, 0.2) is 0 Å². The number of ether oxygens (including phenoxy) is 1. The van der Waals surface area contributed by atoms with Crippen LogP contribution in [-0.2, 0) is 0 Å². The van der Waals surface area contributed by atoms with Gasteiger partial charge in [-0.25, -0.2) is 9.97 Å². The first-order chi connectivity index (χ1) is 4.86. The van der Waals surface area contributed by atoms with Crippen LogP contribution in [0.25, 0.3) is 0 Å². The maximum Gasteiger partial charge on any atom is 0.218 e. The lowest BCUT2D eigenvalue weighted by atomic mass is 10.5. The molecule has 0 unspecified atom stereocenters. The first-order valence-corrected chi connectivity index (χ1v) is 2.90. The van der Waals surface area contributed by atoms with Gasteiger partial charge in [0.05, 0.1) is 7.11 Å². The van der Waals surface area contributed by atoms with Crippen molar-refractivity contribution < 1.29 is 4.74 Å². The molecule has 0 amide bonds. The fraction of sp³-hybridized carbons (Fsp3) is 0.333. The zero-order valence-corrected chi connectivity index (χ0v) is 5.96. The monoisotopic (exact) mass is 139 g/mol. The number of anilines is 1. The van der Waals surface area contributed by atoms with E-state index in [1.807, 2.05) is 0 Å². The Morgan fingerprint density at radius 2 is 2.30 bits per heavy atom. The Hall–Kier alpha value is -1.32. The van der Waals surface area contributed by atoms with Gasteiger partial charge in [-0.15, -0.1) is 0 Å². The summed E-state index contributed by atoms with van der Waals surface area (Å²) in [5.41, 5.74) is 0. The molecule has 1 aromatic heterocycles. The first kappa shape index (κ1) is 6.80. The predicted molar refractivity (Wildman–Crippen MR) is 38.1 cm³/mol. The maximum atomic E-state index is 4.87. The van der Waals surface area contributed by atoms with E-state index in [0.29, 0.717) is 5.88 Å². The Morgan fingerprint density at radius 3 is 2.90 bits per heavy atom. The summed E-state index contributed by atoms with van der Waals surface area (Å²) in [4.78, 5) is 7.74. The van der Waals surface area contributed by atoms with Crippen LogP contribution in [0, 0.1) is 0 Å². The molecule has 0 spiro atoms. The van der Waals surface area contributed by atoms with Gasteiger partial charge in [0.2, 0.25) is 5.88 Å². The number of nitrogens with zero attached hydrogens (tertiary/aromatic N) is 2. The quantitative estimate of drug-likeness (QED) is 0.649. The van der Waals surface area contributed by atoms with E-state index >= 15 is 0 Å². The van der Waals surface area contributed by atoms with Gasteiger partial charge in [-0.2, -0.15) is 0 Å². The molecule has 0 saturated heterocycles. The van der Waals surface area contributed by atoms with Crippen LogP contribution < -0.4 is 10.1 Å². The summed E-state index contributed by atoms with van der Waals surface area (Å²) in [5, 5.41) is 2.87. The van der Waals surface area contributed by atoms with Gasteiger partial charge in [-0.05, 0) is 0 Å². The third-order valence-electron chi connectivity index (χ3n) is 1.11. The summed E-state index contributed by atoms with van der Waals surface area (Å²) in [7, 11) is 3.36. The van der Waals surface area contributed by atoms with Gasteiger partial charge in [-0.3, -0.25) is 0 Å². The lowest BCUT2D eigenvalue weighted by Gasteiger charge is -1.99. The highest BCUT2D eigenvalue weighted by Crippen LogP contribution is 2.08. The summed E-state index contributed by atoms with van der Waals surface area (Å²) in [6.45, 7) is 0. The molecular formula is C6H9N3O. The topological polar surface area (TPSA) is 47.0 Å². The van der Waals surface area contributed by atoms with E-state index in [1.165, 1.54) is 6.33 Å². The highest BCUT2D eigenvalue weighted by molar-refractivity contribution is 5.35. The smallest absolute Gasteiger partial charge is 0.218 e. The average molecular weight is 139 g/mol. The van der Waals surface area contributed by atoms with Crippen molar-refractivity contribution in [3.63, 3.8) is 0 Å². The summed E-state index contributed by atoms with van der Waals surface area (Å²) in [6, 6.07) is 1.72. The van der Waals surface area contributed by atoms with Crippen molar-refractivity contribution in [3.05, 3.63) is 12.4 Å². The SMILES string of the molecule is CNc1cc(OC)ncn1. The fourth-order valence-corrected chi connectivity index (χ4v) is 0.588. The van der Waals surface area contributed by atoms with Crippen LogP contribution in [0.4, 0.5) is 5.82 Å². The van der Waals surface area contributed by atoms with Crippen molar-refractivity contribution in [3.8, 4) is 5.88 Å². The standard InChI is InChI=1S/C6H9N3O/c1-7-5-3-6(10-2)9-4-8-5/h3-4H,1-2H3,(H,7,8,9). The fourth-order valence-electron chi connectivity index (χ4n) is 0.588. The highest BCUT2D eigenvalue weighted by atomic mass is 16.5. The summed E-state index contributed by atoms with van der Waals surface area (Å²) < 4.78 is 4.87. The van der Waals surface area contributed by atoms with E-state index in [0.717, 1.165) is 5.82 Å². The number of hydrogen-bond acceptors (Lipinski definition) is 4. The van der Waals surface area contributed by atoms with Gasteiger partial charge in [0.1, 0.15) is 12.1 Å². The number of rotatable bonds is 2. The van der Waals surface area contributed by atoms with Crippen LogP contribution in [-0.4, -0.2) is 24.1 Å². The highest BCUT2D eigenvalue weighted by Gasteiger charge is 1.92. The number of aromatic nitrogens is 2. The molecule has 4 heteroatoms. The molecule has 0 bridgehead atoms. The van der Waals surface area contributed by atoms with Crippen LogP contribution in [0.15, 0.2) is 12.4 Å². The molecule has 10 heavy (non-hydrogen) atoms. The third-order valence-corrected chi connectivity index (χ3v) is 1.11. The molecule has 0 radical (unpaired) electrons. The molecule has 0 aliphatic carbocycles. The van der Waals surface area contributed by atoms with Crippen LogP contribution >= 0.6 is 0 Å². The molecule has 0 aromatic carbocycles. The number of methoxy groups -OCH3 is 1. The van der Waals surface area contributed by atoms with Crippen molar-refractivity contribution in [2.45, 2.75) is 0 Å². The predicted octanol–water partition coefficient (Wildman–Crippen LogP) is 0.527. The third kappa shape index (κ3) is 1.34. The van der Waals surface area contributed by atoms with Crippen molar-refractivity contribution in [1.29, 1.82) is 0 Å². The molecule has 0 fully saturated rings. The van der Waals surface area contributed by atoms with E-state index in [4.69, 9.17) is 4.74 Å². The van der Waals surface area contributed by atoms with Gasteiger partial charge >= 0.3 is 0 Å². The van der Waals surface area contributed by atoms with Crippen LogP contribution in [0.5, 0.6) is 5.88 Å². The van der Waals surface area contributed by atoms with E-state index in [1.54, 1.807) is 20.2 Å². The molecule has 0 atom stereocenters.